The van der Waals surface area contributed by atoms with Crippen molar-refractivity contribution in [2.24, 2.45) is 5.92 Å². The fourth-order valence-electron chi connectivity index (χ4n) is 1.76. The summed E-state index contributed by atoms with van der Waals surface area (Å²) in [7, 11) is 0. The lowest BCUT2D eigenvalue weighted by Gasteiger charge is -2.30. The van der Waals surface area contributed by atoms with Crippen molar-refractivity contribution in [1.29, 1.82) is 0 Å². The van der Waals surface area contributed by atoms with Crippen LogP contribution in [0, 0.1) is 18.3 Å². The van der Waals surface area contributed by atoms with Crippen LogP contribution in [0.15, 0.2) is 0 Å². The number of nitrogens with zero attached hydrogens (tertiary/aromatic N) is 1. The first kappa shape index (κ1) is 12.5. The van der Waals surface area contributed by atoms with E-state index in [-0.39, 0.29) is 12.5 Å². The molecule has 1 fully saturated rings. The molecule has 1 atom stereocenters. The molecular weight excluding hydrogens is 208 g/mol. The molecule has 5 heteroatoms. The van der Waals surface area contributed by atoms with E-state index in [0.717, 1.165) is 6.42 Å². The van der Waals surface area contributed by atoms with Crippen molar-refractivity contribution >= 4 is 11.9 Å². The Morgan fingerprint density at radius 1 is 1.56 bits per heavy atom. The first-order chi connectivity index (χ1) is 7.65. The Hall–Kier alpha value is -1.54. The van der Waals surface area contributed by atoms with E-state index in [1.165, 1.54) is 0 Å². The Morgan fingerprint density at radius 2 is 2.31 bits per heavy atom. The summed E-state index contributed by atoms with van der Waals surface area (Å²) in [6, 6.07) is 0. The number of likely N-dealkylation sites (tertiary alicyclic amines) is 1. The van der Waals surface area contributed by atoms with Gasteiger partial charge in [-0.25, -0.2) is 0 Å². The fourth-order valence-corrected chi connectivity index (χ4v) is 1.76. The molecule has 1 rings (SSSR count). The lowest BCUT2D eigenvalue weighted by atomic mass is 9.98. The van der Waals surface area contributed by atoms with Crippen molar-refractivity contribution in [2.45, 2.75) is 12.8 Å². The van der Waals surface area contributed by atoms with E-state index in [9.17, 15) is 9.59 Å². The minimum atomic E-state index is -0.825. The molecule has 0 aliphatic carbocycles. The quantitative estimate of drug-likeness (QED) is 0.500. The topological polar surface area (TPSA) is 69.6 Å². The average molecular weight is 224 g/mol. The van der Waals surface area contributed by atoms with E-state index in [2.05, 4.69) is 11.2 Å². The first-order valence-electron chi connectivity index (χ1n) is 5.30. The number of amides is 1. The summed E-state index contributed by atoms with van der Waals surface area (Å²) >= 11 is 0. The number of hydrogen-bond acceptors (Lipinski definition) is 3. The van der Waals surface area contributed by atoms with Gasteiger partial charge in [0.05, 0.1) is 19.0 Å². The van der Waals surface area contributed by atoms with Crippen molar-refractivity contribution in [3.8, 4) is 12.3 Å². The largest absolute Gasteiger partial charge is 0.481 e. The lowest BCUT2D eigenvalue weighted by molar-refractivity contribution is -0.145. The Bertz CT molecular complexity index is 309. The van der Waals surface area contributed by atoms with Gasteiger partial charge >= 0.3 is 5.97 Å². The number of carbonyl (C=O) groups excluding carboxylic acids is 1. The van der Waals surface area contributed by atoms with E-state index >= 15 is 0 Å². The predicted octanol–water partition coefficient (Wildman–Crippen LogP) is -0.468. The number of rotatable bonds is 4. The molecule has 0 aromatic heterocycles. The number of hydrogen-bond donors (Lipinski definition) is 2. The highest BCUT2D eigenvalue weighted by molar-refractivity contribution is 5.79. The standard InChI is InChI=1S/C11H16N2O3/c1-2-5-12-7-10(14)13-6-3-4-9(8-13)11(15)16/h1,9,12H,3-8H2,(H,15,16). The molecule has 16 heavy (non-hydrogen) atoms. The number of carboxylic acid groups (broad SMARTS) is 1. The van der Waals surface area contributed by atoms with Crippen molar-refractivity contribution < 1.29 is 14.7 Å². The third-order valence-electron chi connectivity index (χ3n) is 2.63. The van der Waals surface area contributed by atoms with Gasteiger partial charge in [-0.05, 0) is 12.8 Å². The highest BCUT2D eigenvalue weighted by atomic mass is 16.4. The number of carbonyl (C=O) groups is 2. The molecule has 1 unspecified atom stereocenters. The van der Waals surface area contributed by atoms with Gasteiger partial charge in [0.25, 0.3) is 0 Å². The molecule has 2 N–H and O–H groups in total. The highest BCUT2D eigenvalue weighted by Gasteiger charge is 2.27. The summed E-state index contributed by atoms with van der Waals surface area (Å²) in [4.78, 5) is 24.0. The zero-order chi connectivity index (χ0) is 12.0. The number of piperidine rings is 1. The Labute approximate surface area is 94.8 Å². The molecule has 0 bridgehead atoms. The van der Waals surface area contributed by atoms with E-state index in [1.54, 1.807) is 4.90 Å². The molecule has 0 spiro atoms. The van der Waals surface area contributed by atoms with Crippen LogP contribution in [0.1, 0.15) is 12.8 Å². The molecule has 5 nitrogen and oxygen atoms in total. The SMILES string of the molecule is C#CCNCC(=O)N1CCCC(C(=O)O)C1. The van der Waals surface area contributed by atoms with E-state index in [0.29, 0.717) is 26.1 Å². The number of nitrogens with one attached hydrogen (secondary N) is 1. The maximum atomic E-state index is 11.6. The summed E-state index contributed by atoms with van der Waals surface area (Å²) in [5.41, 5.74) is 0. The third kappa shape index (κ3) is 3.55. The minimum absolute atomic E-state index is 0.0822. The molecule has 88 valence electrons. The van der Waals surface area contributed by atoms with E-state index in [4.69, 9.17) is 11.5 Å². The van der Waals surface area contributed by atoms with Gasteiger partial charge in [0.2, 0.25) is 5.91 Å². The van der Waals surface area contributed by atoms with Crippen molar-refractivity contribution in [1.82, 2.24) is 10.2 Å². The second-order valence-corrected chi connectivity index (χ2v) is 3.82. The molecule has 1 heterocycles. The monoisotopic (exact) mass is 224 g/mol. The zero-order valence-electron chi connectivity index (χ0n) is 9.11. The van der Waals surface area contributed by atoms with Crippen LogP contribution >= 0.6 is 0 Å². The van der Waals surface area contributed by atoms with Crippen molar-refractivity contribution in [3.63, 3.8) is 0 Å². The zero-order valence-corrected chi connectivity index (χ0v) is 9.11. The predicted molar refractivity (Wildman–Crippen MR) is 58.6 cm³/mol. The Kier molecular flexibility index (Phi) is 4.80. The molecule has 1 amide bonds. The van der Waals surface area contributed by atoms with Gasteiger partial charge in [-0.2, -0.15) is 0 Å². The third-order valence-corrected chi connectivity index (χ3v) is 2.63. The Balaban J connectivity index is 2.38. The van der Waals surface area contributed by atoms with Crippen LogP contribution in [-0.2, 0) is 9.59 Å². The van der Waals surface area contributed by atoms with E-state index < -0.39 is 11.9 Å². The highest BCUT2D eigenvalue weighted by Crippen LogP contribution is 2.16. The summed E-state index contributed by atoms with van der Waals surface area (Å²) in [5, 5.41) is 11.7. The van der Waals surface area contributed by atoms with Gasteiger partial charge in [0.15, 0.2) is 0 Å². The second-order valence-electron chi connectivity index (χ2n) is 3.82. The first-order valence-corrected chi connectivity index (χ1v) is 5.30. The lowest BCUT2D eigenvalue weighted by Crippen LogP contribution is -2.45. The fraction of sp³-hybridized carbons (Fsp3) is 0.636. The molecule has 0 aromatic carbocycles. The number of carboxylic acids is 1. The van der Waals surface area contributed by atoms with Crippen LogP contribution < -0.4 is 5.32 Å². The minimum Gasteiger partial charge on any atom is -0.481 e. The molecule has 1 aliphatic heterocycles. The molecule has 1 aliphatic rings. The molecular formula is C11H16N2O3. The van der Waals surface area contributed by atoms with Gasteiger partial charge in [0, 0.05) is 13.1 Å². The van der Waals surface area contributed by atoms with Gasteiger partial charge in [0.1, 0.15) is 0 Å². The maximum absolute atomic E-state index is 11.6. The van der Waals surface area contributed by atoms with Crippen LogP contribution in [0.3, 0.4) is 0 Å². The van der Waals surface area contributed by atoms with Crippen LogP contribution in [0.2, 0.25) is 0 Å². The van der Waals surface area contributed by atoms with Crippen LogP contribution in [-0.4, -0.2) is 48.1 Å². The summed E-state index contributed by atoms with van der Waals surface area (Å²) in [6.07, 6.45) is 6.44. The Morgan fingerprint density at radius 3 is 2.94 bits per heavy atom. The molecule has 0 radical (unpaired) electrons. The van der Waals surface area contributed by atoms with Crippen LogP contribution in [0.4, 0.5) is 0 Å². The van der Waals surface area contributed by atoms with Gasteiger partial charge in [-0.1, -0.05) is 5.92 Å². The normalized spacial score (nSPS) is 20.2. The smallest absolute Gasteiger partial charge is 0.308 e. The summed E-state index contributed by atoms with van der Waals surface area (Å²) in [6.45, 7) is 1.48. The van der Waals surface area contributed by atoms with E-state index in [1.807, 2.05) is 0 Å². The average Bonchev–Trinajstić information content (AvgIpc) is 2.29. The number of terminal acetylenes is 1. The van der Waals surface area contributed by atoms with Crippen LogP contribution in [0.5, 0.6) is 0 Å². The number of aliphatic carboxylic acids is 1. The van der Waals surface area contributed by atoms with Crippen LogP contribution in [0.25, 0.3) is 0 Å². The molecule has 0 aromatic rings. The van der Waals surface area contributed by atoms with Crippen molar-refractivity contribution in [2.75, 3.05) is 26.2 Å². The van der Waals surface area contributed by atoms with Gasteiger partial charge < -0.3 is 10.0 Å². The molecule has 1 saturated heterocycles. The summed E-state index contributed by atoms with van der Waals surface area (Å²) < 4.78 is 0. The van der Waals surface area contributed by atoms with Crippen molar-refractivity contribution in [3.05, 3.63) is 0 Å². The maximum Gasteiger partial charge on any atom is 0.308 e. The molecule has 0 saturated carbocycles. The summed E-state index contributed by atoms with van der Waals surface area (Å²) in [5.74, 6) is 1.04. The van der Waals surface area contributed by atoms with Gasteiger partial charge in [-0.3, -0.25) is 14.9 Å². The van der Waals surface area contributed by atoms with Gasteiger partial charge in [-0.15, -0.1) is 6.42 Å². The second kappa shape index (κ2) is 6.13.